The Labute approximate surface area is 152 Å². The van der Waals surface area contributed by atoms with Crippen LogP contribution in [0.25, 0.3) is 0 Å². The summed E-state index contributed by atoms with van der Waals surface area (Å²) in [6.45, 7) is 6.34. The number of hydrogen-bond donors (Lipinski definition) is 2. The summed E-state index contributed by atoms with van der Waals surface area (Å²) >= 11 is 0.792. The van der Waals surface area contributed by atoms with Gasteiger partial charge in [0.05, 0.1) is 6.54 Å². The van der Waals surface area contributed by atoms with Gasteiger partial charge in [0.25, 0.3) is 10.0 Å². The van der Waals surface area contributed by atoms with E-state index in [0.29, 0.717) is 13.1 Å². The largest absolute Gasteiger partial charge is 0.369 e. The number of amides is 2. The summed E-state index contributed by atoms with van der Waals surface area (Å²) in [6.07, 6.45) is 3.29. The molecular weight excluding hydrogens is 366 g/mol. The van der Waals surface area contributed by atoms with Crippen LogP contribution in [-0.4, -0.2) is 59.4 Å². The zero-order valence-corrected chi connectivity index (χ0v) is 16.4. The molecule has 2 heterocycles. The molecular formula is C14H25N5O4S2. The van der Waals surface area contributed by atoms with E-state index in [1.807, 2.05) is 13.8 Å². The highest BCUT2D eigenvalue weighted by Gasteiger charge is 2.43. The van der Waals surface area contributed by atoms with Gasteiger partial charge < -0.3 is 10.4 Å². The van der Waals surface area contributed by atoms with Crippen molar-refractivity contribution in [3.63, 3.8) is 0 Å². The van der Waals surface area contributed by atoms with E-state index < -0.39 is 21.8 Å². The fourth-order valence-electron chi connectivity index (χ4n) is 2.44. The Balaban J connectivity index is 2.27. The molecule has 0 bridgehead atoms. The van der Waals surface area contributed by atoms with Gasteiger partial charge in [-0.25, -0.2) is 18.1 Å². The van der Waals surface area contributed by atoms with Crippen molar-refractivity contribution in [2.45, 2.75) is 56.5 Å². The number of sulfonamides is 1. The Bertz CT molecular complexity index is 696. The monoisotopic (exact) mass is 391 g/mol. The minimum absolute atomic E-state index is 0.0343. The topological polar surface area (TPSA) is 116 Å². The molecule has 142 valence electrons. The van der Waals surface area contributed by atoms with Crippen molar-refractivity contribution in [1.29, 1.82) is 0 Å². The summed E-state index contributed by atoms with van der Waals surface area (Å²) < 4.78 is 27.0. The second-order valence-electron chi connectivity index (χ2n) is 6.17. The van der Waals surface area contributed by atoms with Crippen molar-refractivity contribution in [3.8, 4) is 0 Å². The molecule has 1 aromatic heterocycles. The summed E-state index contributed by atoms with van der Waals surface area (Å²) in [5, 5.41) is 20.4. The number of unbranched alkanes of at least 4 members (excludes halogenated alkanes) is 2. The lowest BCUT2D eigenvalue weighted by atomic mass is 10.3. The van der Waals surface area contributed by atoms with Gasteiger partial charge >= 0.3 is 6.03 Å². The van der Waals surface area contributed by atoms with Gasteiger partial charge in [-0.2, -0.15) is 4.31 Å². The molecule has 0 spiro atoms. The lowest BCUT2D eigenvalue weighted by Gasteiger charge is -2.24. The molecule has 2 amide bonds. The van der Waals surface area contributed by atoms with Crippen LogP contribution >= 0.6 is 11.3 Å². The number of β-amino-alcohol motifs (C(OH)–C–C–N with tert-alkyl or cyclic N) is 1. The molecule has 1 atom stereocenters. The first kappa shape index (κ1) is 20.0. The fourth-order valence-corrected chi connectivity index (χ4v) is 5.20. The third kappa shape index (κ3) is 4.27. The Morgan fingerprint density at radius 3 is 2.36 bits per heavy atom. The van der Waals surface area contributed by atoms with E-state index in [9.17, 15) is 18.3 Å². The van der Waals surface area contributed by atoms with E-state index >= 15 is 0 Å². The molecule has 1 fully saturated rings. The van der Waals surface area contributed by atoms with Crippen molar-refractivity contribution >= 4 is 32.5 Å². The van der Waals surface area contributed by atoms with E-state index in [-0.39, 0.29) is 16.0 Å². The first-order chi connectivity index (χ1) is 11.7. The third-order valence-corrected chi connectivity index (χ3v) is 7.08. The third-order valence-electron chi connectivity index (χ3n) is 3.93. The summed E-state index contributed by atoms with van der Waals surface area (Å²) in [5.74, 6) is 0. The molecule has 0 radical (unpaired) electrons. The van der Waals surface area contributed by atoms with Crippen LogP contribution in [0.2, 0.25) is 0 Å². The molecule has 1 unspecified atom stereocenters. The number of anilines is 1. The van der Waals surface area contributed by atoms with Crippen molar-refractivity contribution in [2.24, 2.45) is 0 Å². The van der Waals surface area contributed by atoms with Crippen molar-refractivity contribution in [2.75, 3.05) is 24.5 Å². The van der Waals surface area contributed by atoms with Crippen LogP contribution in [0.1, 0.15) is 46.5 Å². The maximum atomic E-state index is 12.9. The Hall–Kier alpha value is -1.30. The van der Waals surface area contributed by atoms with Crippen LogP contribution in [0.3, 0.4) is 0 Å². The van der Waals surface area contributed by atoms with Crippen molar-refractivity contribution in [1.82, 2.24) is 19.8 Å². The average molecular weight is 392 g/mol. The van der Waals surface area contributed by atoms with Gasteiger partial charge in [-0.05, 0) is 19.8 Å². The summed E-state index contributed by atoms with van der Waals surface area (Å²) in [4.78, 5) is 12.9. The smallest absolute Gasteiger partial charge is 0.326 e. The van der Waals surface area contributed by atoms with E-state index in [2.05, 4.69) is 15.5 Å². The molecule has 1 aromatic rings. The van der Waals surface area contributed by atoms with Crippen LogP contribution in [-0.2, 0) is 10.0 Å². The number of nitrogens with one attached hydrogen (secondary N) is 1. The SMILES string of the molecule is CCCCN(CCCC)S(=O)(=O)c1nnc(N2C(=O)NCC2(C)O)s1. The van der Waals surface area contributed by atoms with E-state index in [1.54, 1.807) is 0 Å². The lowest BCUT2D eigenvalue weighted by Crippen LogP contribution is -2.44. The summed E-state index contributed by atoms with van der Waals surface area (Å²) in [5.41, 5.74) is -1.47. The second-order valence-corrected chi connectivity index (χ2v) is 9.24. The zero-order chi connectivity index (χ0) is 18.7. The summed E-state index contributed by atoms with van der Waals surface area (Å²) in [6, 6.07) is -0.529. The van der Waals surface area contributed by atoms with E-state index in [0.717, 1.165) is 41.9 Å². The van der Waals surface area contributed by atoms with Gasteiger partial charge in [-0.15, -0.1) is 10.2 Å². The molecule has 0 saturated carbocycles. The number of aromatic nitrogens is 2. The first-order valence-corrected chi connectivity index (χ1v) is 10.6. The van der Waals surface area contributed by atoms with Gasteiger partial charge in [0.2, 0.25) is 9.47 Å². The number of carbonyl (C=O) groups excluding carboxylic acids is 1. The van der Waals surface area contributed by atoms with Gasteiger partial charge in [0.1, 0.15) is 0 Å². The molecule has 1 saturated heterocycles. The highest BCUT2D eigenvalue weighted by Crippen LogP contribution is 2.31. The first-order valence-electron chi connectivity index (χ1n) is 8.38. The van der Waals surface area contributed by atoms with E-state index in [1.165, 1.54) is 11.2 Å². The lowest BCUT2D eigenvalue weighted by molar-refractivity contribution is 0.0857. The summed E-state index contributed by atoms with van der Waals surface area (Å²) in [7, 11) is -3.77. The standard InChI is InChI=1S/C14H25N5O4S2/c1-4-6-8-18(9-7-5-2)25(22,23)13-17-16-12(24-13)19-11(20)15-10-14(19,3)21/h21H,4-10H2,1-3H3,(H,15,20). The molecule has 0 aromatic carbocycles. The van der Waals surface area contributed by atoms with Crippen molar-refractivity contribution < 1.29 is 18.3 Å². The number of aliphatic hydroxyl groups is 1. The predicted octanol–water partition coefficient (Wildman–Crippen LogP) is 1.37. The normalized spacial score (nSPS) is 21.2. The van der Waals surface area contributed by atoms with Crippen LogP contribution < -0.4 is 10.2 Å². The van der Waals surface area contributed by atoms with Gasteiger partial charge in [-0.1, -0.05) is 38.0 Å². The number of carbonyl (C=O) groups is 1. The average Bonchev–Trinajstić information content (AvgIpc) is 3.12. The number of urea groups is 1. The molecule has 11 heteroatoms. The Kier molecular flexibility index (Phi) is 6.35. The Morgan fingerprint density at radius 1 is 1.28 bits per heavy atom. The number of hydrogen-bond acceptors (Lipinski definition) is 7. The minimum Gasteiger partial charge on any atom is -0.369 e. The van der Waals surface area contributed by atoms with Gasteiger partial charge in [0, 0.05) is 13.1 Å². The van der Waals surface area contributed by atoms with Gasteiger partial charge in [-0.3, -0.25) is 0 Å². The Morgan fingerprint density at radius 2 is 1.88 bits per heavy atom. The second kappa shape index (κ2) is 7.94. The maximum Gasteiger partial charge on any atom is 0.326 e. The highest BCUT2D eigenvalue weighted by molar-refractivity contribution is 7.91. The molecule has 2 N–H and O–H groups in total. The fraction of sp³-hybridized carbons (Fsp3) is 0.786. The minimum atomic E-state index is -3.77. The van der Waals surface area contributed by atoms with Crippen LogP contribution in [0, 0.1) is 0 Å². The quantitative estimate of drug-likeness (QED) is 0.614. The number of rotatable bonds is 9. The predicted molar refractivity (Wildman–Crippen MR) is 95.0 cm³/mol. The molecule has 9 nitrogen and oxygen atoms in total. The van der Waals surface area contributed by atoms with Crippen LogP contribution in [0.4, 0.5) is 9.93 Å². The molecule has 25 heavy (non-hydrogen) atoms. The van der Waals surface area contributed by atoms with E-state index in [4.69, 9.17) is 0 Å². The van der Waals surface area contributed by atoms with Crippen LogP contribution in [0.15, 0.2) is 4.34 Å². The highest BCUT2D eigenvalue weighted by atomic mass is 32.2. The molecule has 1 aliphatic heterocycles. The number of nitrogens with zero attached hydrogens (tertiary/aromatic N) is 4. The van der Waals surface area contributed by atoms with Gasteiger partial charge in [0.15, 0.2) is 5.72 Å². The molecule has 1 aliphatic rings. The van der Waals surface area contributed by atoms with Crippen LogP contribution in [0.5, 0.6) is 0 Å². The zero-order valence-electron chi connectivity index (χ0n) is 14.7. The van der Waals surface area contributed by atoms with Crippen molar-refractivity contribution in [3.05, 3.63) is 0 Å². The molecule has 2 rings (SSSR count). The maximum absolute atomic E-state index is 12.9. The molecule has 0 aliphatic carbocycles.